The van der Waals surface area contributed by atoms with Crippen LogP contribution in [0, 0.1) is 22.7 Å². The lowest BCUT2D eigenvalue weighted by molar-refractivity contribution is 1.04. The Hall–Kier alpha value is -3.10. The Morgan fingerprint density at radius 2 is 1.38 bits per heavy atom. The van der Waals surface area contributed by atoms with Crippen molar-refractivity contribution in [1.82, 2.24) is 0 Å². The minimum absolute atomic E-state index is 0.317. The van der Waals surface area contributed by atoms with E-state index in [1.54, 1.807) is 12.1 Å². The lowest BCUT2D eigenvalue weighted by Gasteiger charge is -2.11. The maximum Gasteiger partial charge on any atom is 0.0991 e. The summed E-state index contributed by atoms with van der Waals surface area (Å²) >= 11 is 0. The summed E-state index contributed by atoms with van der Waals surface area (Å²) in [5.41, 5.74) is 2.49. The monoisotopic (exact) mass is 268 g/mol. The van der Waals surface area contributed by atoms with E-state index >= 15 is 0 Å². The van der Waals surface area contributed by atoms with Crippen LogP contribution in [0.1, 0.15) is 22.6 Å². The third-order valence-corrected chi connectivity index (χ3v) is 3.61. The van der Waals surface area contributed by atoms with Gasteiger partial charge < -0.3 is 0 Å². The molecule has 0 fully saturated rings. The van der Waals surface area contributed by atoms with Crippen LogP contribution in [0.25, 0.3) is 10.8 Å². The van der Waals surface area contributed by atoms with E-state index in [-0.39, 0.29) is 5.92 Å². The Morgan fingerprint density at radius 1 is 0.714 bits per heavy atom. The van der Waals surface area contributed by atoms with Crippen LogP contribution in [-0.4, -0.2) is 0 Å². The van der Waals surface area contributed by atoms with Crippen LogP contribution in [-0.2, 0) is 0 Å². The van der Waals surface area contributed by atoms with Crippen LogP contribution >= 0.6 is 0 Å². The summed E-state index contributed by atoms with van der Waals surface area (Å²) in [4.78, 5) is 0. The zero-order chi connectivity index (χ0) is 14.7. The highest BCUT2D eigenvalue weighted by Gasteiger charge is 2.13. The van der Waals surface area contributed by atoms with Gasteiger partial charge in [0, 0.05) is 0 Å². The molecule has 2 heteroatoms. The average Bonchev–Trinajstić information content (AvgIpc) is 2.56. The Morgan fingerprint density at radius 3 is 2.05 bits per heavy atom. The van der Waals surface area contributed by atoms with Crippen molar-refractivity contribution in [2.45, 2.75) is 5.92 Å². The number of nitriles is 2. The SMILES string of the molecule is N#Cc1ccc(C(C#N)c2ccc3ccccc3c2)cc1. The van der Waals surface area contributed by atoms with Gasteiger partial charge in [-0.2, -0.15) is 10.5 Å². The molecule has 0 aliphatic carbocycles. The van der Waals surface area contributed by atoms with E-state index in [1.807, 2.05) is 42.5 Å². The van der Waals surface area contributed by atoms with Gasteiger partial charge in [-0.25, -0.2) is 0 Å². The Balaban J connectivity index is 2.05. The number of fused-ring (bicyclic) bond motifs is 1. The first-order chi connectivity index (χ1) is 10.3. The normalized spacial score (nSPS) is 11.5. The number of rotatable bonds is 2. The molecule has 2 nitrogen and oxygen atoms in total. The highest BCUT2D eigenvalue weighted by Crippen LogP contribution is 2.27. The summed E-state index contributed by atoms with van der Waals surface area (Å²) < 4.78 is 0. The van der Waals surface area contributed by atoms with Crippen molar-refractivity contribution in [3.05, 3.63) is 83.4 Å². The van der Waals surface area contributed by atoms with E-state index in [0.29, 0.717) is 5.56 Å². The molecule has 0 radical (unpaired) electrons. The van der Waals surface area contributed by atoms with Crippen molar-refractivity contribution in [3.63, 3.8) is 0 Å². The molecule has 0 N–H and O–H groups in total. The topological polar surface area (TPSA) is 47.6 Å². The second-order valence-electron chi connectivity index (χ2n) is 4.90. The van der Waals surface area contributed by atoms with Gasteiger partial charge in [-0.3, -0.25) is 0 Å². The summed E-state index contributed by atoms with van der Waals surface area (Å²) in [6, 6.07) is 25.8. The van der Waals surface area contributed by atoms with Crippen LogP contribution in [0.5, 0.6) is 0 Å². The van der Waals surface area contributed by atoms with Crippen molar-refractivity contribution in [3.8, 4) is 12.1 Å². The van der Waals surface area contributed by atoms with Gasteiger partial charge in [-0.05, 0) is 40.1 Å². The van der Waals surface area contributed by atoms with E-state index in [1.165, 1.54) is 0 Å². The van der Waals surface area contributed by atoms with Crippen molar-refractivity contribution >= 4 is 10.8 Å². The fraction of sp³-hybridized carbons (Fsp3) is 0.0526. The van der Waals surface area contributed by atoms with E-state index in [4.69, 9.17) is 5.26 Å². The van der Waals surface area contributed by atoms with Crippen molar-refractivity contribution < 1.29 is 0 Å². The zero-order valence-electron chi connectivity index (χ0n) is 11.3. The predicted octanol–water partition coefficient (Wildman–Crippen LogP) is 4.37. The van der Waals surface area contributed by atoms with Gasteiger partial charge in [-0.1, -0.05) is 48.5 Å². The van der Waals surface area contributed by atoms with Crippen molar-refractivity contribution in [2.75, 3.05) is 0 Å². The molecule has 1 unspecified atom stereocenters. The summed E-state index contributed by atoms with van der Waals surface area (Å²) in [5, 5.41) is 20.7. The van der Waals surface area contributed by atoms with Gasteiger partial charge in [0.05, 0.1) is 23.6 Å². The average molecular weight is 268 g/mol. The molecule has 0 aromatic heterocycles. The van der Waals surface area contributed by atoms with Gasteiger partial charge in [0.2, 0.25) is 0 Å². The van der Waals surface area contributed by atoms with Crippen LogP contribution in [0.15, 0.2) is 66.7 Å². The van der Waals surface area contributed by atoms with Gasteiger partial charge in [0.1, 0.15) is 0 Å². The molecule has 98 valence electrons. The molecule has 0 amide bonds. The van der Waals surface area contributed by atoms with Crippen molar-refractivity contribution in [1.29, 1.82) is 10.5 Å². The Labute approximate surface area is 123 Å². The molecule has 0 saturated carbocycles. The number of hydrogen-bond donors (Lipinski definition) is 0. The quantitative estimate of drug-likeness (QED) is 0.693. The van der Waals surface area contributed by atoms with Gasteiger partial charge in [0.25, 0.3) is 0 Å². The molecular weight excluding hydrogens is 256 g/mol. The highest BCUT2D eigenvalue weighted by atomic mass is 14.3. The van der Waals surface area contributed by atoms with Gasteiger partial charge >= 0.3 is 0 Å². The molecule has 3 rings (SSSR count). The zero-order valence-corrected chi connectivity index (χ0v) is 11.3. The predicted molar refractivity (Wildman–Crippen MR) is 82.6 cm³/mol. The molecule has 0 heterocycles. The van der Waals surface area contributed by atoms with E-state index in [2.05, 4.69) is 24.3 Å². The molecule has 0 spiro atoms. The second kappa shape index (κ2) is 5.49. The maximum atomic E-state index is 9.52. The number of hydrogen-bond acceptors (Lipinski definition) is 2. The molecular formula is C19H12N2. The van der Waals surface area contributed by atoms with Crippen LogP contribution in [0.2, 0.25) is 0 Å². The van der Waals surface area contributed by atoms with Gasteiger partial charge in [-0.15, -0.1) is 0 Å². The Kier molecular flexibility index (Phi) is 3.37. The molecule has 0 aliphatic rings. The smallest absolute Gasteiger partial charge is 0.0991 e. The Bertz CT molecular complexity index is 864. The standard InChI is InChI=1S/C19H12N2/c20-12-14-5-7-16(8-6-14)19(13-21)18-10-9-15-3-1-2-4-17(15)11-18/h1-11,19H. The van der Waals surface area contributed by atoms with Crippen LogP contribution in [0.4, 0.5) is 0 Å². The number of nitrogens with zero attached hydrogens (tertiary/aromatic N) is 2. The molecule has 1 atom stereocenters. The third-order valence-electron chi connectivity index (χ3n) is 3.61. The largest absolute Gasteiger partial charge is 0.197 e. The minimum Gasteiger partial charge on any atom is -0.197 e. The lowest BCUT2D eigenvalue weighted by Crippen LogP contribution is -1.98. The summed E-state index contributed by atoms with van der Waals surface area (Å²) in [7, 11) is 0. The molecule has 3 aromatic rings. The first kappa shape index (κ1) is 12.9. The van der Waals surface area contributed by atoms with E-state index in [0.717, 1.165) is 21.9 Å². The van der Waals surface area contributed by atoms with Crippen LogP contribution < -0.4 is 0 Å². The van der Waals surface area contributed by atoms with Crippen molar-refractivity contribution in [2.24, 2.45) is 0 Å². The third kappa shape index (κ3) is 2.48. The summed E-state index contributed by atoms with van der Waals surface area (Å²) in [6.07, 6.45) is 0. The molecule has 0 aliphatic heterocycles. The lowest BCUT2D eigenvalue weighted by atomic mass is 9.91. The fourth-order valence-corrected chi connectivity index (χ4v) is 2.48. The molecule has 0 saturated heterocycles. The maximum absolute atomic E-state index is 9.52. The van der Waals surface area contributed by atoms with Gasteiger partial charge in [0.15, 0.2) is 0 Å². The second-order valence-corrected chi connectivity index (χ2v) is 4.90. The minimum atomic E-state index is -0.317. The first-order valence-electron chi connectivity index (χ1n) is 6.70. The fourth-order valence-electron chi connectivity index (χ4n) is 2.48. The molecule has 21 heavy (non-hydrogen) atoms. The first-order valence-corrected chi connectivity index (χ1v) is 6.70. The van der Waals surface area contributed by atoms with E-state index < -0.39 is 0 Å². The molecule has 0 bridgehead atoms. The van der Waals surface area contributed by atoms with E-state index in [9.17, 15) is 5.26 Å². The highest BCUT2D eigenvalue weighted by molar-refractivity contribution is 5.83. The summed E-state index contributed by atoms with van der Waals surface area (Å²) in [6.45, 7) is 0. The molecule has 3 aromatic carbocycles. The number of benzene rings is 3. The summed E-state index contributed by atoms with van der Waals surface area (Å²) in [5.74, 6) is -0.317. The van der Waals surface area contributed by atoms with Crippen LogP contribution in [0.3, 0.4) is 0 Å².